The van der Waals surface area contributed by atoms with Gasteiger partial charge in [-0.05, 0) is 32.6 Å². The summed E-state index contributed by atoms with van der Waals surface area (Å²) in [6.45, 7) is 8.21. The predicted molar refractivity (Wildman–Crippen MR) is 65.3 cm³/mol. The van der Waals surface area contributed by atoms with E-state index in [4.69, 9.17) is 0 Å². The van der Waals surface area contributed by atoms with Gasteiger partial charge in [-0.2, -0.15) is 0 Å². The molecule has 1 saturated carbocycles. The zero-order valence-corrected chi connectivity index (χ0v) is 11.1. The zero-order valence-electron chi connectivity index (χ0n) is 10.3. The minimum absolute atomic E-state index is 0.203. The summed E-state index contributed by atoms with van der Waals surface area (Å²) in [7, 11) is -0.827. The zero-order chi connectivity index (χ0) is 11.6. The Hall–Kier alpha value is 0.110. The molecular formula is C12H24O2S. The SMILES string of the molecule is CCS(=O)C(C)(C)[C@@H]1CC[C@@H](C)C[C@H]1O. The van der Waals surface area contributed by atoms with E-state index in [1.165, 1.54) is 0 Å². The van der Waals surface area contributed by atoms with Crippen LogP contribution in [0.4, 0.5) is 0 Å². The number of rotatable bonds is 3. The van der Waals surface area contributed by atoms with Crippen LogP contribution >= 0.6 is 0 Å². The van der Waals surface area contributed by atoms with Crippen LogP contribution in [0.3, 0.4) is 0 Å². The largest absolute Gasteiger partial charge is 0.393 e. The van der Waals surface area contributed by atoms with Crippen molar-refractivity contribution in [3.8, 4) is 0 Å². The molecule has 0 bridgehead atoms. The van der Waals surface area contributed by atoms with Gasteiger partial charge < -0.3 is 5.11 Å². The molecule has 15 heavy (non-hydrogen) atoms. The maximum atomic E-state index is 12.0. The molecule has 2 nitrogen and oxygen atoms in total. The van der Waals surface area contributed by atoms with Gasteiger partial charge in [0.05, 0.1) is 6.10 Å². The molecule has 3 heteroatoms. The number of hydrogen-bond acceptors (Lipinski definition) is 2. The molecule has 0 heterocycles. The Morgan fingerprint density at radius 1 is 1.40 bits per heavy atom. The van der Waals surface area contributed by atoms with E-state index in [2.05, 4.69) is 6.92 Å². The third-order valence-electron chi connectivity index (χ3n) is 3.82. The van der Waals surface area contributed by atoms with E-state index in [1.54, 1.807) is 0 Å². The van der Waals surface area contributed by atoms with E-state index < -0.39 is 10.8 Å². The van der Waals surface area contributed by atoms with Crippen molar-refractivity contribution >= 4 is 10.8 Å². The number of aliphatic hydroxyl groups is 1. The first-order valence-electron chi connectivity index (χ1n) is 5.96. The Kier molecular flexibility index (Phi) is 4.36. The molecule has 0 aliphatic heterocycles. The van der Waals surface area contributed by atoms with Crippen LogP contribution in [0.5, 0.6) is 0 Å². The average molecular weight is 232 g/mol. The second kappa shape index (κ2) is 4.96. The third-order valence-corrected chi connectivity index (χ3v) is 5.82. The fourth-order valence-electron chi connectivity index (χ4n) is 2.70. The van der Waals surface area contributed by atoms with E-state index in [0.29, 0.717) is 11.7 Å². The first kappa shape index (κ1) is 13.2. The van der Waals surface area contributed by atoms with Crippen molar-refractivity contribution in [1.29, 1.82) is 0 Å². The van der Waals surface area contributed by atoms with E-state index in [0.717, 1.165) is 19.3 Å². The average Bonchev–Trinajstić information content (AvgIpc) is 2.15. The van der Waals surface area contributed by atoms with Crippen LogP contribution in [0.1, 0.15) is 47.0 Å². The summed E-state index contributed by atoms with van der Waals surface area (Å²) in [5.41, 5.74) is 0. The molecule has 0 aromatic carbocycles. The van der Waals surface area contributed by atoms with E-state index in [-0.39, 0.29) is 16.8 Å². The minimum Gasteiger partial charge on any atom is -0.393 e. The van der Waals surface area contributed by atoms with Gasteiger partial charge in [0.2, 0.25) is 0 Å². The lowest BCUT2D eigenvalue weighted by atomic mass is 9.75. The maximum Gasteiger partial charge on any atom is 0.0584 e. The summed E-state index contributed by atoms with van der Waals surface area (Å²) in [6, 6.07) is 0. The van der Waals surface area contributed by atoms with Crippen LogP contribution in [-0.2, 0) is 10.8 Å². The van der Waals surface area contributed by atoms with Gasteiger partial charge in [-0.1, -0.05) is 20.3 Å². The monoisotopic (exact) mass is 232 g/mol. The van der Waals surface area contributed by atoms with Crippen LogP contribution in [0.25, 0.3) is 0 Å². The van der Waals surface area contributed by atoms with Crippen molar-refractivity contribution in [3.63, 3.8) is 0 Å². The molecule has 1 rings (SSSR count). The van der Waals surface area contributed by atoms with Crippen LogP contribution in [-0.4, -0.2) is 25.9 Å². The first-order chi connectivity index (χ1) is 6.89. The molecule has 1 unspecified atom stereocenters. The highest BCUT2D eigenvalue weighted by atomic mass is 32.2. The Bertz CT molecular complexity index is 238. The van der Waals surface area contributed by atoms with Crippen LogP contribution in [0, 0.1) is 11.8 Å². The fraction of sp³-hybridized carbons (Fsp3) is 1.00. The van der Waals surface area contributed by atoms with Gasteiger partial charge >= 0.3 is 0 Å². The normalized spacial score (nSPS) is 35.1. The summed E-state index contributed by atoms with van der Waals surface area (Å²) in [5, 5.41) is 10.1. The third kappa shape index (κ3) is 2.82. The standard InChI is InChI=1S/C12H24O2S/c1-5-15(14)12(3,4)10-7-6-9(2)8-11(10)13/h9-11,13H,5-8H2,1-4H3/t9-,10-,11-,15?/m1/s1. The molecule has 0 spiro atoms. The minimum atomic E-state index is -0.827. The van der Waals surface area contributed by atoms with Crippen molar-refractivity contribution in [2.45, 2.75) is 57.8 Å². The summed E-state index contributed by atoms with van der Waals surface area (Å²) in [6.07, 6.45) is 2.78. The van der Waals surface area contributed by atoms with Gasteiger partial charge in [-0.25, -0.2) is 0 Å². The predicted octanol–water partition coefficient (Wildman–Crippen LogP) is 2.33. The highest BCUT2D eigenvalue weighted by molar-refractivity contribution is 7.86. The molecular weight excluding hydrogens is 208 g/mol. The maximum absolute atomic E-state index is 12.0. The highest BCUT2D eigenvalue weighted by Gasteiger charge is 2.41. The Balaban J connectivity index is 2.74. The summed E-state index contributed by atoms with van der Waals surface area (Å²) in [5.74, 6) is 1.50. The Morgan fingerprint density at radius 2 is 2.00 bits per heavy atom. The molecule has 0 aromatic rings. The van der Waals surface area contributed by atoms with Crippen LogP contribution < -0.4 is 0 Å². The van der Waals surface area contributed by atoms with E-state index in [9.17, 15) is 9.32 Å². The van der Waals surface area contributed by atoms with Crippen molar-refractivity contribution in [3.05, 3.63) is 0 Å². The lowest BCUT2D eigenvalue weighted by molar-refractivity contribution is 0.0339. The Morgan fingerprint density at radius 3 is 2.47 bits per heavy atom. The topological polar surface area (TPSA) is 37.3 Å². The summed E-state index contributed by atoms with van der Waals surface area (Å²) in [4.78, 5) is 0. The molecule has 1 aliphatic carbocycles. The molecule has 90 valence electrons. The quantitative estimate of drug-likeness (QED) is 0.811. The molecule has 1 N–H and O–H groups in total. The van der Waals surface area contributed by atoms with Gasteiger partial charge in [-0.15, -0.1) is 0 Å². The van der Waals surface area contributed by atoms with Crippen LogP contribution in [0.15, 0.2) is 0 Å². The van der Waals surface area contributed by atoms with Crippen molar-refractivity contribution in [1.82, 2.24) is 0 Å². The van der Waals surface area contributed by atoms with Crippen molar-refractivity contribution < 1.29 is 9.32 Å². The first-order valence-corrected chi connectivity index (χ1v) is 7.28. The van der Waals surface area contributed by atoms with Gasteiger partial charge in [-0.3, -0.25) is 4.21 Å². The number of hydrogen-bond donors (Lipinski definition) is 1. The molecule has 0 saturated heterocycles. The molecule has 0 aromatic heterocycles. The van der Waals surface area contributed by atoms with Gasteiger partial charge in [0.15, 0.2) is 0 Å². The van der Waals surface area contributed by atoms with Crippen molar-refractivity contribution in [2.24, 2.45) is 11.8 Å². The molecule has 1 aliphatic rings. The van der Waals surface area contributed by atoms with Gasteiger partial charge in [0.1, 0.15) is 0 Å². The molecule has 4 atom stereocenters. The van der Waals surface area contributed by atoms with E-state index >= 15 is 0 Å². The smallest absolute Gasteiger partial charge is 0.0584 e. The lowest BCUT2D eigenvalue weighted by Crippen LogP contribution is -2.46. The molecule has 1 fully saturated rings. The highest BCUT2D eigenvalue weighted by Crippen LogP contribution is 2.38. The fourth-order valence-corrected chi connectivity index (χ4v) is 4.06. The van der Waals surface area contributed by atoms with Crippen molar-refractivity contribution in [2.75, 3.05) is 5.75 Å². The molecule has 0 radical (unpaired) electrons. The van der Waals surface area contributed by atoms with Gasteiger partial charge in [0.25, 0.3) is 0 Å². The Labute approximate surface area is 95.9 Å². The summed E-state index contributed by atoms with van der Waals surface area (Å²) >= 11 is 0. The van der Waals surface area contributed by atoms with Gasteiger partial charge in [0, 0.05) is 27.2 Å². The second-order valence-electron chi connectivity index (χ2n) is 5.33. The van der Waals surface area contributed by atoms with Crippen LogP contribution in [0.2, 0.25) is 0 Å². The lowest BCUT2D eigenvalue weighted by Gasteiger charge is -2.41. The molecule has 0 amide bonds. The number of aliphatic hydroxyl groups excluding tert-OH is 1. The van der Waals surface area contributed by atoms with E-state index in [1.807, 2.05) is 20.8 Å². The summed E-state index contributed by atoms with van der Waals surface area (Å²) < 4.78 is 11.7. The second-order valence-corrected chi connectivity index (χ2v) is 7.65.